The Kier molecular flexibility index (Phi) is 4.12. The maximum atomic E-state index is 11.8. The van der Waals surface area contributed by atoms with Crippen molar-refractivity contribution in [3.8, 4) is 11.1 Å². The van der Waals surface area contributed by atoms with Gasteiger partial charge in [-0.3, -0.25) is 0 Å². The number of sulfone groups is 1. The predicted molar refractivity (Wildman–Crippen MR) is 81.4 cm³/mol. The molecule has 21 heavy (non-hydrogen) atoms. The van der Waals surface area contributed by atoms with Crippen LogP contribution in [0.3, 0.4) is 0 Å². The first-order valence-electron chi connectivity index (χ1n) is 5.72. The number of hydrogen-bond donors (Lipinski definition) is 1. The zero-order chi connectivity index (χ0) is 15.8. The summed E-state index contributed by atoms with van der Waals surface area (Å²) in [7, 11) is -7.23. The number of halogens is 1. The summed E-state index contributed by atoms with van der Waals surface area (Å²) in [5.41, 5.74) is 0.941. The molecule has 112 valence electrons. The van der Waals surface area contributed by atoms with Gasteiger partial charge in [-0.05, 0) is 35.9 Å². The quantitative estimate of drug-likeness (QED) is 0.921. The van der Waals surface area contributed by atoms with Crippen LogP contribution in [-0.2, 0) is 19.9 Å². The van der Waals surface area contributed by atoms with E-state index < -0.39 is 19.9 Å². The first kappa shape index (κ1) is 16.0. The van der Waals surface area contributed by atoms with Crippen molar-refractivity contribution in [2.45, 2.75) is 9.79 Å². The summed E-state index contributed by atoms with van der Waals surface area (Å²) in [6, 6.07) is 10.0. The number of primary sulfonamides is 1. The molecular weight excluding hydrogens is 334 g/mol. The van der Waals surface area contributed by atoms with Crippen molar-refractivity contribution in [3.63, 3.8) is 0 Å². The van der Waals surface area contributed by atoms with Gasteiger partial charge in [-0.25, -0.2) is 22.0 Å². The number of sulfonamides is 1. The van der Waals surface area contributed by atoms with Gasteiger partial charge in [0.05, 0.1) is 9.79 Å². The zero-order valence-corrected chi connectivity index (χ0v) is 13.3. The van der Waals surface area contributed by atoms with Gasteiger partial charge in [-0.15, -0.1) is 0 Å². The second-order valence-electron chi connectivity index (χ2n) is 4.48. The van der Waals surface area contributed by atoms with E-state index in [0.29, 0.717) is 16.1 Å². The fourth-order valence-corrected chi connectivity index (χ4v) is 3.45. The molecule has 0 unspecified atom stereocenters. The molecule has 0 aromatic heterocycles. The highest BCUT2D eigenvalue weighted by Gasteiger charge is 2.16. The largest absolute Gasteiger partial charge is 0.238 e. The standard InChI is InChI=1S/C13H12ClNO4S2/c1-20(16,17)13-7-4-10(14)8-12(13)9-2-5-11(6-3-9)21(15,18)19/h2-8H,1H3,(H2,15,18,19). The van der Waals surface area contributed by atoms with Crippen LogP contribution in [0.4, 0.5) is 0 Å². The van der Waals surface area contributed by atoms with Gasteiger partial charge in [-0.2, -0.15) is 0 Å². The normalized spacial score (nSPS) is 12.3. The average molecular weight is 346 g/mol. The number of nitrogens with two attached hydrogens (primary N) is 1. The SMILES string of the molecule is CS(=O)(=O)c1ccc(Cl)cc1-c1ccc(S(N)(=O)=O)cc1. The van der Waals surface area contributed by atoms with Crippen molar-refractivity contribution in [1.82, 2.24) is 0 Å². The Bertz CT molecular complexity index is 888. The van der Waals surface area contributed by atoms with E-state index in [0.717, 1.165) is 6.26 Å². The second-order valence-corrected chi connectivity index (χ2v) is 8.46. The molecule has 0 amide bonds. The fourth-order valence-electron chi connectivity index (χ4n) is 1.88. The van der Waals surface area contributed by atoms with Gasteiger partial charge in [0, 0.05) is 16.8 Å². The third kappa shape index (κ3) is 3.62. The van der Waals surface area contributed by atoms with E-state index in [1.54, 1.807) is 0 Å². The van der Waals surface area contributed by atoms with E-state index in [4.69, 9.17) is 16.7 Å². The van der Waals surface area contributed by atoms with E-state index in [1.807, 2.05) is 0 Å². The van der Waals surface area contributed by atoms with Crippen LogP contribution in [-0.4, -0.2) is 23.1 Å². The molecule has 0 aliphatic rings. The van der Waals surface area contributed by atoms with Crippen molar-refractivity contribution >= 4 is 31.5 Å². The Hall–Kier alpha value is -1.41. The van der Waals surface area contributed by atoms with Crippen molar-refractivity contribution < 1.29 is 16.8 Å². The minimum Gasteiger partial charge on any atom is -0.225 e. The molecule has 8 heteroatoms. The van der Waals surface area contributed by atoms with Crippen LogP contribution in [0.5, 0.6) is 0 Å². The van der Waals surface area contributed by atoms with Crippen LogP contribution in [0.1, 0.15) is 0 Å². The summed E-state index contributed by atoms with van der Waals surface area (Å²) in [4.78, 5) is 0.0736. The van der Waals surface area contributed by atoms with Gasteiger partial charge in [0.15, 0.2) is 9.84 Å². The fraction of sp³-hybridized carbons (Fsp3) is 0.0769. The molecule has 0 aliphatic carbocycles. The Balaban J connectivity index is 2.65. The molecule has 0 saturated heterocycles. The van der Waals surface area contributed by atoms with Crippen LogP contribution in [0.15, 0.2) is 52.3 Å². The summed E-state index contributed by atoms with van der Waals surface area (Å²) in [6.07, 6.45) is 1.10. The summed E-state index contributed by atoms with van der Waals surface area (Å²) in [5.74, 6) is 0. The molecule has 0 atom stereocenters. The summed E-state index contributed by atoms with van der Waals surface area (Å²) >= 11 is 5.91. The van der Waals surface area contributed by atoms with E-state index in [2.05, 4.69) is 0 Å². The Morgan fingerprint density at radius 1 is 0.952 bits per heavy atom. The van der Waals surface area contributed by atoms with Gasteiger partial charge in [0.2, 0.25) is 10.0 Å². The van der Waals surface area contributed by atoms with E-state index in [-0.39, 0.29) is 9.79 Å². The first-order valence-corrected chi connectivity index (χ1v) is 9.53. The summed E-state index contributed by atoms with van der Waals surface area (Å²) < 4.78 is 46.1. The van der Waals surface area contributed by atoms with E-state index in [9.17, 15) is 16.8 Å². The smallest absolute Gasteiger partial charge is 0.225 e. The minimum absolute atomic E-state index is 0.0471. The minimum atomic E-state index is -3.79. The Morgan fingerprint density at radius 3 is 2.00 bits per heavy atom. The second kappa shape index (κ2) is 5.42. The van der Waals surface area contributed by atoms with Crippen molar-refractivity contribution in [2.75, 3.05) is 6.26 Å². The molecule has 0 bridgehead atoms. The third-order valence-electron chi connectivity index (χ3n) is 2.83. The number of hydrogen-bond acceptors (Lipinski definition) is 4. The van der Waals surface area contributed by atoms with Gasteiger partial charge < -0.3 is 0 Å². The van der Waals surface area contributed by atoms with Gasteiger partial charge >= 0.3 is 0 Å². The maximum absolute atomic E-state index is 11.8. The van der Waals surface area contributed by atoms with Crippen molar-refractivity contribution in [1.29, 1.82) is 0 Å². The summed E-state index contributed by atoms with van der Waals surface area (Å²) in [6.45, 7) is 0. The van der Waals surface area contributed by atoms with Gasteiger partial charge in [-0.1, -0.05) is 23.7 Å². The van der Waals surface area contributed by atoms with Gasteiger partial charge in [0.25, 0.3) is 0 Å². The predicted octanol–water partition coefficient (Wildman–Crippen LogP) is 2.06. The summed E-state index contributed by atoms with van der Waals surface area (Å²) in [5, 5.41) is 5.41. The third-order valence-corrected chi connectivity index (χ3v) is 5.15. The molecule has 2 rings (SSSR count). The molecule has 5 nitrogen and oxygen atoms in total. The lowest BCUT2D eigenvalue weighted by atomic mass is 10.1. The van der Waals surface area contributed by atoms with Crippen molar-refractivity contribution in [3.05, 3.63) is 47.5 Å². The highest BCUT2D eigenvalue weighted by atomic mass is 35.5. The highest BCUT2D eigenvalue weighted by molar-refractivity contribution is 7.90. The van der Waals surface area contributed by atoms with Crippen molar-refractivity contribution in [2.24, 2.45) is 5.14 Å². The van der Waals surface area contributed by atoms with Crippen LogP contribution < -0.4 is 5.14 Å². The molecule has 0 fully saturated rings. The van der Waals surface area contributed by atoms with E-state index in [1.165, 1.54) is 42.5 Å². The molecule has 0 spiro atoms. The molecule has 2 N–H and O–H groups in total. The number of benzene rings is 2. The molecule has 0 radical (unpaired) electrons. The monoisotopic (exact) mass is 345 g/mol. The molecule has 0 heterocycles. The number of rotatable bonds is 3. The maximum Gasteiger partial charge on any atom is 0.238 e. The Morgan fingerprint density at radius 2 is 1.52 bits per heavy atom. The molecule has 2 aromatic rings. The molecule has 0 aliphatic heterocycles. The highest BCUT2D eigenvalue weighted by Crippen LogP contribution is 2.30. The van der Waals surface area contributed by atoms with Crippen LogP contribution in [0.2, 0.25) is 5.02 Å². The lowest BCUT2D eigenvalue weighted by Gasteiger charge is -2.09. The molecular formula is C13H12ClNO4S2. The van der Waals surface area contributed by atoms with Crippen LogP contribution in [0.25, 0.3) is 11.1 Å². The Labute approximate surface area is 128 Å². The lowest BCUT2D eigenvalue weighted by molar-refractivity contribution is 0.597. The van der Waals surface area contributed by atoms with E-state index >= 15 is 0 Å². The van der Waals surface area contributed by atoms with Crippen LogP contribution in [0, 0.1) is 0 Å². The lowest BCUT2D eigenvalue weighted by Crippen LogP contribution is -2.11. The zero-order valence-electron chi connectivity index (χ0n) is 10.9. The van der Waals surface area contributed by atoms with Gasteiger partial charge in [0.1, 0.15) is 0 Å². The average Bonchev–Trinajstić information content (AvgIpc) is 2.36. The van der Waals surface area contributed by atoms with Crippen LogP contribution >= 0.6 is 11.6 Å². The first-order chi connectivity index (χ1) is 9.59. The molecule has 0 saturated carbocycles. The topological polar surface area (TPSA) is 94.3 Å². The molecule has 2 aromatic carbocycles.